The highest BCUT2D eigenvalue weighted by atomic mass is 16.5. The Morgan fingerprint density at radius 1 is 0.893 bits per heavy atom. The number of rotatable bonds is 18. The lowest BCUT2D eigenvalue weighted by atomic mass is 10.1. The maximum atomic E-state index is 11.7. The van der Waals surface area contributed by atoms with Crippen molar-refractivity contribution in [2.45, 2.75) is 122 Å². The van der Waals surface area contributed by atoms with Gasteiger partial charge < -0.3 is 10.1 Å². The summed E-state index contributed by atoms with van der Waals surface area (Å²) in [5.41, 5.74) is 0. The van der Waals surface area contributed by atoms with Crippen LogP contribution in [-0.2, 0) is 14.3 Å². The van der Waals surface area contributed by atoms with Gasteiger partial charge in [-0.1, -0.05) is 83.3 Å². The van der Waals surface area contributed by atoms with Crippen LogP contribution in [0.3, 0.4) is 0 Å². The van der Waals surface area contributed by atoms with Crippen molar-refractivity contribution in [3.05, 3.63) is 12.2 Å². The van der Waals surface area contributed by atoms with Gasteiger partial charge in [0.25, 0.3) is 0 Å². The van der Waals surface area contributed by atoms with Gasteiger partial charge in [-0.15, -0.1) is 0 Å². The largest absolute Gasteiger partial charge is 0.464 e. The summed E-state index contributed by atoms with van der Waals surface area (Å²) in [5.74, 6) is -0.313. The smallest absolute Gasteiger partial charge is 0.328 e. The van der Waals surface area contributed by atoms with Crippen molar-refractivity contribution in [2.75, 3.05) is 6.61 Å². The average molecular weight is 394 g/mol. The predicted molar refractivity (Wildman–Crippen MR) is 116 cm³/mol. The molecule has 1 saturated heterocycles. The van der Waals surface area contributed by atoms with Crippen LogP contribution >= 0.6 is 0 Å². The number of hydrogen-bond acceptors (Lipinski definition) is 3. The Hall–Kier alpha value is -1.32. The molecule has 0 bridgehead atoms. The molecule has 0 unspecified atom stereocenters. The van der Waals surface area contributed by atoms with E-state index < -0.39 is 6.04 Å². The van der Waals surface area contributed by atoms with Crippen molar-refractivity contribution >= 4 is 11.9 Å². The number of esters is 1. The quantitative estimate of drug-likeness (QED) is 0.170. The minimum Gasteiger partial charge on any atom is -0.464 e. The van der Waals surface area contributed by atoms with Crippen molar-refractivity contribution in [2.24, 2.45) is 0 Å². The van der Waals surface area contributed by atoms with Crippen LogP contribution in [0, 0.1) is 0 Å². The summed E-state index contributed by atoms with van der Waals surface area (Å²) in [7, 11) is 0. The van der Waals surface area contributed by atoms with Gasteiger partial charge in [0.1, 0.15) is 6.04 Å². The number of unbranched alkanes of at least 4 members (excludes halogenated alkanes) is 13. The highest BCUT2D eigenvalue weighted by Gasteiger charge is 2.28. The minimum atomic E-state index is -0.409. The first kappa shape index (κ1) is 24.7. The lowest BCUT2D eigenvalue weighted by Crippen LogP contribution is -2.34. The summed E-state index contributed by atoms with van der Waals surface area (Å²) < 4.78 is 5.24. The molecule has 0 aromatic carbocycles. The minimum absolute atomic E-state index is 0.0456. The van der Waals surface area contributed by atoms with Gasteiger partial charge in [0.2, 0.25) is 5.91 Å². The Morgan fingerprint density at radius 3 is 1.96 bits per heavy atom. The number of hydrogen-bond donors (Lipinski definition) is 1. The van der Waals surface area contributed by atoms with Crippen LogP contribution in [0.2, 0.25) is 0 Å². The van der Waals surface area contributed by atoms with Gasteiger partial charge in [-0.05, 0) is 38.5 Å². The van der Waals surface area contributed by atoms with Gasteiger partial charge in [0, 0.05) is 6.42 Å². The molecule has 1 amide bonds. The molecule has 1 heterocycles. The van der Waals surface area contributed by atoms with Crippen LogP contribution in [0.5, 0.6) is 0 Å². The third kappa shape index (κ3) is 13.8. The van der Waals surface area contributed by atoms with E-state index in [-0.39, 0.29) is 11.9 Å². The molecule has 1 rings (SSSR count). The van der Waals surface area contributed by atoms with E-state index in [0.29, 0.717) is 19.4 Å². The van der Waals surface area contributed by atoms with E-state index in [1.165, 1.54) is 83.5 Å². The van der Waals surface area contributed by atoms with E-state index in [1.54, 1.807) is 0 Å². The first-order chi connectivity index (χ1) is 13.7. The Morgan fingerprint density at radius 2 is 1.43 bits per heavy atom. The molecule has 1 fully saturated rings. The van der Waals surface area contributed by atoms with Crippen LogP contribution in [0.1, 0.15) is 116 Å². The Bertz CT molecular complexity index is 434. The number of amides is 1. The zero-order valence-electron chi connectivity index (χ0n) is 18.2. The maximum absolute atomic E-state index is 11.7. The van der Waals surface area contributed by atoms with Gasteiger partial charge in [-0.3, -0.25) is 4.79 Å². The lowest BCUT2D eigenvalue weighted by Gasteiger charge is -2.09. The summed E-state index contributed by atoms with van der Waals surface area (Å²) in [4.78, 5) is 22.8. The Kier molecular flexibility index (Phi) is 15.7. The standard InChI is InChI=1S/C24H43NO3/c1-2-3-4-5-6-7-8-9-10-11-12-13-14-15-16-17-18-21-28-24(27)22-19-20-23(26)25-22/h8-9,22H,2-7,10-21H2,1H3,(H,25,26)/b9-8+/t22-/m0/s1. The Labute approximate surface area is 172 Å². The molecular formula is C24H43NO3. The van der Waals surface area contributed by atoms with Gasteiger partial charge in [0.05, 0.1) is 6.61 Å². The summed E-state index contributed by atoms with van der Waals surface area (Å²) in [6, 6.07) is -0.409. The number of carbonyl (C=O) groups excluding carboxylic acids is 2. The van der Waals surface area contributed by atoms with Gasteiger partial charge in [-0.25, -0.2) is 4.79 Å². The maximum Gasteiger partial charge on any atom is 0.328 e. The molecule has 4 heteroatoms. The Balaban J connectivity index is 1.75. The second-order valence-electron chi connectivity index (χ2n) is 8.12. The van der Waals surface area contributed by atoms with Crippen LogP contribution in [0.25, 0.3) is 0 Å². The van der Waals surface area contributed by atoms with Crippen LogP contribution in [0.15, 0.2) is 12.2 Å². The van der Waals surface area contributed by atoms with Gasteiger partial charge in [0.15, 0.2) is 0 Å². The van der Waals surface area contributed by atoms with Crippen LogP contribution < -0.4 is 5.32 Å². The van der Waals surface area contributed by atoms with E-state index in [0.717, 1.165) is 12.8 Å². The van der Waals surface area contributed by atoms with Crippen molar-refractivity contribution < 1.29 is 14.3 Å². The van der Waals surface area contributed by atoms with Crippen LogP contribution in [0.4, 0.5) is 0 Å². The highest BCUT2D eigenvalue weighted by molar-refractivity contribution is 5.87. The molecule has 0 aromatic heterocycles. The van der Waals surface area contributed by atoms with Crippen molar-refractivity contribution in [1.82, 2.24) is 5.32 Å². The molecule has 0 aromatic rings. The summed E-state index contributed by atoms with van der Waals surface area (Å²) >= 11 is 0. The molecule has 1 aliphatic rings. The molecule has 0 radical (unpaired) electrons. The zero-order chi connectivity index (χ0) is 20.3. The topological polar surface area (TPSA) is 55.4 Å². The molecule has 0 spiro atoms. The number of nitrogens with one attached hydrogen (secondary N) is 1. The third-order valence-electron chi connectivity index (χ3n) is 5.43. The van der Waals surface area contributed by atoms with E-state index >= 15 is 0 Å². The average Bonchev–Trinajstić information content (AvgIpc) is 3.13. The SMILES string of the molecule is CCCCCCC/C=C/CCCCCCCCCCOC(=O)[C@@H]1CCC(=O)N1. The summed E-state index contributed by atoms with van der Waals surface area (Å²) in [6.45, 7) is 2.75. The van der Waals surface area contributed by atoms with E-state index in [4.69, 9.17) is 4.74 Å². The molecule has 28 heavy (non-hydrogen) atoms. The van der Waals surface area contributed by atoms with Crippen LogP contribution in [-0.4, -0.2) is 24.5 Å². The first-order valence-electron chi connectivity index (χ1n) is 11.8. The van der Waals surface area contributed by atoms with Crippen molar-refractivity contribution in [1.29, 1.82) is 0 Å². The third-order valence-corrected chi connectivity index (χ3v) is 5.43. The zero-order valence-corrected chi connectivity index (χ0v) is 18.2. The monoisotopic (exact) mass is 393 g/mol. The van der Waals surface area contributed by atoms with Gasteiger partial charge >= 0.3 is 5.97 Å². The lowest BCUT2D eigenvalue weighted by molar-refractivity contribution is -0.146. The van der Waals surface area contributed by atoms with Crippen molar-refractivity contribution in [3.8, 4) is 0 Å². The fourth-order valence-electron chi connectivity index (χ4n) is 3.59. The second kappa shape index (κ2) is 17.8. The number of allylic oxidation sites excluding steroid dienone is 2. The molecular weight excluding hydrogens is 350 g/mol. The highest BCUT2D eigenvalue weighted by Crippen LogP contribution is 2.12. The predicted octanol–water partition coefficient (Wildman–Crippen LogP) is 6.24. The summed E-state index contributed by atoms with van der Waals surface area (Å²) in [5, 5.41) is 2.64. The molecule has 4 nitrogen and oxygen atoms in total. The van der Waals surface area contributed by atoms with E-state index in [2.05, 4.69) is 24.4 Å². The summed E-state index contributed by atoms with van der Waals surface area (Å²) in [6.07, 6.45) is 25.0. The number of carbonyl (C=O) groups is 2. The molecule has 162 valence electrons. The molecule has 1 N–H and O–H groups in total. The molecule has 0 saturated carbocycles. The normalized spacial score (nSPS) is 16.6. The fourth-order valence-corrected chi connectivity index (χ4v) is 3.59. The molecule has 0 aliphatic carbocycles. The molecule has 1 atom stereocenters. The van der Waals surface area contributed by atoms with E-state index in [9.17, 15) is 9.59 Å². The fraction of sp³-hybridized carbons (Fsp3) is 0.833. The molecule has 1 aliphatic heterocycles. The van der Waals surface area contributed by atoms with Gasteiger partial charge in [-0.2, -0.15) is 0 Å². The number of ether oxygens (including phenoxy) is 1. The second-order valence-corrected chi connectivity index (χ2v) is 8.12. The van der Waals surface area contributed by atoms with Crippen molar-refractivity contribution in [3.63, 3.8) is 0 Å². The van der Waals surface area contributed by atoms with E-state index in [1.807, 2.05) is 0 Å². The first-order valence-corrected chi connectivity index (χ1v) is 11.8.